The van der Waals surface area contributed by atoms with Crippen LogP contribution in [0.25, 0.3) is 10.9 Å². The quantitative estimate of drug-likeness (QED) is 0.551. The van der Waals surface area contributed by atoms with E-state index in [9.17, 15) is 13.2 Å². The zero-order valence-electron chi connectivity index (χ0n) is 19.4. The minimum absolute atomic E-state index is 0.338. The number of nitrogens with zero attached hydrogens (tertiary/aromatic N) is 2. The number of H-pyrrole nitrogens is 1. The maximum Gasteiger partial charge on any atom is 0.241 e. The number of piperidine rings is 2. The summed E-state index contributed by atoms with van der Waals surface area (Å²) in [6.45, 7) is 3.22. The highest BCUT2D eigenvalue weighted by Gasteiger charge is 2.28. The Kier molecular flexibility index (Phi) is 6.50. The van der Waals surface area contributed by atoms with Crippen LogP contribution >= 0.6 is 0 Å². The first kappa shape index (κ1) is 22.8. The number of carbonyl (C=O) groups is 1. The van der Waals surface area contributed by atoms with Crippen LogP contribution in [0.1, 0.15) is 43.6 Å². The molecule has 2 aliphatic rings. The van der Waals surface area contributed by atoms with Crippen molar-refractivity contribution in [3.63, 3.8) is 0 Å². The van der Waals surface area contributed by atoms with Crippen molar-refractivity contribution in [3.05, 3.63) is 60.3 Å². The Bertz CT molecular complexity index is 1240. The van der Waals surface area contributed by atoms with E-state index in [1.54, 1.807) is 17.0 Å². The lowest BCUT2D eigenvalue weighted by molar-refractivity contribution is -0.129. The molecule has 1 amide bonds. The van der Waals surface area contributed by atoms with Crippen LogP contribution in [0.3, 0.4) is 0 Å². The molecule has 3 heterocycles. The number of fused-ring (bicyclic) bond motifs is 1. The zero-order valence-corrected chi connectivity index (χ0v) is 20.2. The van der Waals surface area contributed by atoms with E-state index >= 15 is 0 Å². The maximum atomic E-state index is 12.8. The van der Waals surface area contributed by atoms with Crippen molar-refractivity contribution < 1.29 is 13.2 Å². The van der Waals surface area contributed by atoms with Gasteiger partial charge in [0.1, 0.15) is 5.75 Å². The van der Waals surface area contributed by atoms with Crippen molar-refractivity contribution in [2.75, 3.05) is 41.6 Å². The van der Waals surface area contributed by atoms with Gasteiger partial charge in [-0.15, -0.1) is 0 Å². The van der Waals surface area contributed by atoms with Gasteiger partial charge in [0.2, 0.25) is 15.9 Å². The molecule has 34 heavy (non-hydrogen) atoms. The number of sulfonamides is 1. The molecule has 0 bridgehead atoms. The minimum Gasteiger partial charge on any atom is -0.372 e. The molecular formula is C26H32N4O3S. The summed E-state index contributed by atoms with van der Waals surface area (Å²) < 4.78 is 27.9. The van der Waals surface area contributed by atoms with Crippen LogP contribution in [0, 0.1) is 0 Å². The van der Waals surface area contributed by atoms with Gasteiger partial charge in [-0.05, 0) is 73.9 Å². The van der Waals surface area contributed by atoms with Gasteiger partial charge in [-0.2, -0.15) is 0 Å². The number of nitrogens with one attached hydrogen (secondary N) is 2. The van der Waals surface area contributed by atoms with Crippen molar-refractivity contribution in [2.24, 2.45) is 0 Å². The Labute approximate surface area is 201 Å². The second-order valence-electron chi connectivity index (χ2n) is 9.40. The molecule has 3 aromatic rings. The number of hydrogen-bond donors (Lipinski definition) is 2. The van der Waals surface area contributed by atoms with E-state index in [2.05, 4.69) is 32.9 Å². The van der Waals surface area contributed by atoms with Crippen molar-refractivity contribution in [1.29, 1.82) is 0 Å². The van der Waals surface area contributed by atoms with Gasteiger partial charge in [-0.1, -0.05) is 18.2 Å². The maximum absolute atomic E-state index is 12.8. The Morgan fingerprint density at radius 2 is 1.65 bits per heavy atom. The molecule has 2 fully saturated rings. The molecule has 0 saturated carbocycles. The molecule has 2 N–H and O–H groups in total. The highest BCUT2D eigenvalue weighted by molar-refractivity contribution is 7.93. The number of rotatable bonds is 6. The number of benzene rings is 2. The lowest BCUT2D eigenvalue weighted by Crippen LogP contribution is -2.41. The van der Waals surface area contributed by atoms with Crippen LogP contribution < -0.4 is 9.62 Å². The number of anilines is 2. The van der Waals surface area contributed by atoms with Gasteiger partial charge in [0, 0.05) is 54.7 Å². The topological polar surface area (TPSA) is 85.5 Å². The third-order valence-corrected chi connectivity index (χ3v) is 8.26. The minimum atomic E-state index is -3.77. The molecule has 0 unspecified atom stereocenters. The van der Waals surface area contributed by atoms with E-state index in [1.165, 1.54) is 30.2 Å². The summed E-state index contributed by atoms with van der Waals surface area (Å²) in [6, 6.07) is 15.7. The number of hydrogen-bond acceptors (Lipinski definition) is 4. The zero-order chi connectivity index (χ0) is 23.5. The first-order valence-corrected chi connectivity index (χ1v) is 13.8. The molecule has 5 rings (SSSR count). The number of aromatic amines is 1. The van der Waals surface area contributed by atoms with Crippen LogP contribution in [0.4, 0.5) is 11.4 Å². The van der Waals surface area contributed by atoms with Gasteiger partial charge in [0.05, 0.1) is 0 Å². The van der Waals surface area contributed by atoms with Gasteiger partial charge < -0.3 is 14.8 Å². The second kappa shape index (κ2) is 9.70. The molecule has 2 saturated heterocycles. The normalized spacial score (nSPS) is 17.8. The number of likely N-dealkylation sites (tertiary alicyclic amines) is 1. The molecule has 2 aliphatic heterocycles. The third kappa shape index (κ3) is 5.06. The molecule has 7 nitrogen and oxygen atoms in total. The Morgan fingerprint density at radius 3 is 2.38 bits per heavy atom. The number of amides is 1. The molecule has 2 aromatic carbocycles. The molecule has 0 aliphatic carbocycles. The molecule has 180 valence electrons. The van der Waals surface area contributed by atoms with Gasteiger partial charge in [-0.25, -0.2) is 8.42 Å². The molecule has 1 aromatic heterocycles. The van der Waals surface area contributed by atoms with Gasteiger partial charge in [0.25, 0.3) is 0 Å². The second-order valence-corrected chi connectivity index (χ2v) is 11.1. The highest BCUT2D eigenvalue weighted by Crippen LogP contribution is 2.33. The van der Waals surface area contributed by atoms with Crippen LogP contribution in [0.15, 0.2) is 54.7 Å². The lowest BCUT2D eigenvalue weighted by atomic mass is 9.89. The fourth-order valence-corrected chi connectivity index (χ4v) is 6.31. The first-order valence-electron chi connectivity index (χ1n) is 12.2. The van der Waals surface area contributed by atoms with Crippen LogP contribution in [0.5, 0.6) is 0 Å². The van der Waals surface area contributed by atoms with E-state index in [4.69, 9.17) is 0 Å². The Balaban J connectivity index is 1.15. The summed E-state index contributed by atoms with van der Waals surface area (Å²) in [7, 11) is -3.77. The van der Waals surface area contributed by atoms with Crippen LogP contribution in [-0.4, -0.2) is 56.1 Å². The number of para-hydroxylation sites is 1. The predicted octanol–water partition coefficient (Wildman–Crippen LogP) is 4.31. The molecule has 0 spiro atoms. The lowest BCUT2D eigenvalue weighted by Gasteiger charge is -2.32. The van der Waals surface area contributed by atoms with Gasteiger partial charge >= 0.3 is 0 Å². The fourth-order valence-electron chi connectivity index (χ4n) is 5.23. The summed E-state index contributed by atoms with van der Waals surface area (Å²) in [5.74, 6) is -0.498. The van der Waals surface area contributed by atoms with E-state index in [-0.39, 0.29) is 5.91 Å². The van der Waals surface area contributed by atoms with E-state index in [0.717, 1.165) is 37.1 Å². The summed E-state index contributed by atoms with van der Waals surface area (Å²) in [4.78, 5) is 20.1. The van der Waals surface area contributed by atoms with Crippen molar-refractivity contribution in [2.45, 2.75) is 38.0 Å². The Hall–Kier alpha value is -3.00. The average Bonchev–Trinajstić information content (AvgIpc) is 3.29. The summed E-state index contributed by atoms with van der Waals surface area (Å²) in [6.07, 6.45) is 7.38. The number of aromatic nitrogens is 1. The summed E-state index contributed by atoms with van der Waals surface area (Å²) >= 11 is 0. The summed E-state index contributed by atoms with van der Waals surface area (Å²) in [5, 5.41) is 1.23. The fraction of sp³-hybridized carbons (Fsp3) is 0.423. The van der Waals surface area contributed by atoms with Crippen molar-refractivity contribution in [1.82, 2.24) is 9.88 Å². The standard InChI is InChI=1S/C26H32N4O3S/c31-26(30-16-12-20(13-17-30)24-18-27-25-7-3-2-6-23(24)25)19-34(32,33)28-21-8-10-22(11-9-21)29-14-4-1-5-15-29/h2-3,6-11,18,20,27-28H,1,4-5,12-17,19H2. The van der Waals surface area contributed by atoms with Gasteiger partial charge in [-0.3, -0.25) is 9.52 Å². The summed E-state index contributed by atoms with van der Waals surface area (Å²) in [5.41, 5.74) is 4.01. The Morgan fingerprint density at radius 1 is 0.941 bits per heavy atom. The van der Waals surface area contributed by atoms with E-state index in [1.807, 2.05) is 24.3 Å². The molecule has 8 heteroatoms. The predicted molar refractivity (Wildman–Crippen MR) is 137 cm³/mol. The molecule has 0 atom stereocenters. The van der Waals surface area contributed by atoms with Crippen LogP contribution in [0.2, 0.25) is 0 Å². The van der Waals surface area contributed by atoms with Crippen LogP contribution in [-0.2, 0) is 14.8 Å². The average molecular weight is 481 g/mol. The highest BCUT2D eigenvalue weighted by atomic mass is 32.2. The first-order chi connectivity index (χ1) is 16.5. The monoisotopic (exact) mass is 480 g/mol. The molecular weight excluding hydrogens is 448 g/mol. The van der Waals surface area contributed by atoms with E-state index in [0.29, 0.717) is 24.7 Å². The third-order valence-electron chi connectivity index (χ3n) is 7.08. The van der Waals surface area contributed by atoms with Gasteiger partial charge in [0.15, 0.2) is 0 Å². The largest absolute Gasteiger partial charge is 0.372 e. The molecule has 0 radical (unpaired) electrons. The van der Waals surface area contributed by atoms with Crippen molar-refractivity contribution >= 4 is 38.2 Å². The van der Waals surface area contributed by atoms with Crippen molar-refractivity contribution in [3.8, 4) is 0 Å². The smallest absolute Gasteiger partial charge is 0.241 e. The SMILES string of the molecule is O=C(CS(=O)(=O)Nc1ccc(N2CCCCC2)cc1)N1CCC(c2c[nH]c3ccccc23)CC1. The van der Waals surface area contributed by atoms with E-state index < -0.39 is 15.8 Å². The number of carbonyl (C=O) groups excluding carboxylic acids is 1.